The molecule has 0 radical (unpaired) electrons. The third-order valence-electron chi connectivity index (χ3n) is 2.42. The minimum atomic E-state index is 0.626. The Morgan fingerprint density at radius 1 is 1.17 bits per heavy atom. The summed E-state index contributed by atoms with van der Waals surface area (Å²) in [5, 5.41) is 3.25. The fourth-order valence-corrected chi connectivity index (χ4v) is 1.95. The van der Waals surface area contributed by atoms with Gasteiger partial charge in [0, 0.05) is 4.47 Å². The number of halogens is 1. The molecule has 0 atom stereocenters. The van der Waals surface area contributed by atoms with Crippen molar-refractivity contribution in [1.82, 2.24) is 5.32 Å². The SMILES string of the molecule is CCNCCCOc1c(OC)cc(Br)cc1OC. The van der Waals surface area contributed by atoms with Gasteiger partial charge in [0.1, 0.15) is 0 Å². The largest absolute Gasteiger partial charge is 0.493 e. The summed E-state index contributed by atoms with van der Waals surface area (Å²) in [7, 11) is 3.24. The van der Waals surface area contributed by atoms with Gasteiger partial charge in [-0.2, -0.15) is 0 Å². The summed E-state index contributed by atoms with van der Waals surface area (Å²) in [6.45, 7) is 4.63. The summed E-state index contributed by atoms with van der Waals surface area (Å²) in [6.07, 6.45) is 0.941. The van der Waals surface area contributed by atoms with Crippen LogP contribution in [-0.2, 0) is 0 Å². The number of rotatable bonds is 8. The Morgan fingerprint density at radius 2 is 1.78 bits per heavy atom. The first kappa shape index (κ1) is 15.1. The Morgan fingerprint density at radius 3 is 2.28 bits per heavy atom. The first-order valence-corrected chi connectivity index (χ1v) is 6.77. The van der Waals surface area contributed by atoms with E-state index in [0.29, 0.717) is 23.9 Å². The van der Waals surface area contributed by atoms with E-state index in [0.717, 1.165) is 24.0 Å². The number of hydrogen-bond donors (Lipinski definition) is 1. The second kappa shape index (κ2) is 8.21. The average Bonchev–Trinajstić information content (AvgIpc) is 2.39. The minimum Gasteiger partial charge on any atom is -0.493 e. The van der Waals surface area contributed by atoms with Crippen LogP contribution in [-0.4, -0.2) is 33.9 Å². The summed E-state index contributed by atoms with van der Waals surface area (Å²) in [4.78, 5) is 0. The molecule has 0 bridgehead atoms. The third kappa shape index (κ3) is 4.38. The number of benzene rings is 1. The molecule has 0 aliphatic carbocycles. The smallest absolute Gasteiger partial charge is 0.203 e. The Balaban J connectivity index is 2.67. The van der Waals surface area contributed by atoms with Gasteiger partial charge in [0.2, 0.25) is 5.75 Å². The zero-order valence-electron chi connectivity index (χ0n) is 11.1. The predicted octanol–water partition coefficient (Wildman–Crippen LogP) is 2.84. The zero-order chi connectivity index (χ0) is 13.4. The van der Waals surface area contributed by atoms with Crippen molar-refractivity contribution in [3.63, 3.8) is 0 Å². The van der Waals surface area contributed by atoms with Gasteiger partial charge in [0.25, 0.3) is 0 Å². The third-order valence-corrected chi connectivity index (χ3v) is 2.88. The van der Waals surface area contributed by atoms with Crippen molar-refractivity contribution in [1.29, 1.82) is 0 Å². The summed E-state index contributed by atoms with van der Waals surface area (Å²) >= 11 is 3.41. The topological polar surface area (TPSA) is 39.7 Å². The van der Waals surface area contributed by atoms with E-state index in [1.807, 2.05) is 12.1 Å². The molecule has 102 valence electrons. The lowest BCUT2D eigenvalue weighted by molar-refractivity contribution is 0.269. The van der Waals surface area contributed by atoms with Crippen LogP contribution in [0, 0.1) is 0 Å². The van der Waals surface area contributed by atoms with Crippen molar-refractivity contribution in [3.8, 4) is 17.2 Å². The van der Waals surface area contributed by atoms with Crippen LogP contribution >= 0.6 is 15.9 Å². The van der Waals surface area contributed by atoms with E-state index >= 15 is 0 Å². The molecular formula is C13H20BrNO3. The highest BCUT2D eigenvalue weighted by Crippen LogP contribution is 2.40. The van der Waals surface area contributed by atoms with Gasteiger partial charge in [-0.05, 0) is 31.6 Å². The highest BCUT2D eigenvalue weighted by atomic mass is 79.9. The molecule has 1 N–H and O–H groups in total. The maximum absolute atomic E-state index is 5.74. The quantitative estimate of drug-likeness (QED) is 0.748. The van der Waals surface area contributed by atoms with Crippen LogP contribution in [0.2, 0.25) is 0 Å². The van der Waals surface area contributed by atoms with Crippen LogP contribution in [0.4, 0.5) is 0 Å². The number of nitrogens with one attached hydrogen (secondary N) is 1. The van der Waals surface area contributed by atoms with E-state index in [-0.39, 0.29) is 0 Å². The maximum Gasteiger partial charge on any atom is 0.203 e. The minimum absolute atomic E-state index is 0.626. The highest BCUT2D eigenvalue weighted by Gasteiger charge is 2.13. The monoisotopic (exact) mass is 317 g/mol. The second-order valence-electron chi connectivity index (χ2n) is 3.70. The molecule has 4 nitrogen and oxygen atoms in total. The van der Waals surface area contributed by atoms with Crippen LogP contribution in [0.15, 0.2) is 16.6 Å². The number of hydrogen-bond acceptors (Lipinski definition) is 4. The van der Waals surface area contributed by atoms with Crippen molar-refractivity contribution in [2.45, 2.75) is 13.3 Å². The van der Waals surface area contributed by atoms with E-state index in [1.165, 1.54) is 0 Å². The Labute approximate surface area is 117 Å². The lowest BCUT2D eigenvalue weighted by Gasteiger charge is -2.14. The van der Waals surface area contributed by atoms with E-state index in [1.54, 1.807) is 14.2 Å². The summed E-state index contributed by atoms with van der Waals surface area (Å²) in [5.41, 5.74) is 0. The maximum atomic E-state index is 5.74. The van der Waals surface area contributed by atoms with Crippen molar-refractivity contribution in [3.05, 3.63) is 16.6 Å². The lowest BCUT2D eigenvalue weighted by atomic mass is 10.3. The average molecular weight is 318 g/mol. The van der Waals surface area contributed by atoms with E-state index in [4.69, 9.17) is 14.2 Å². The Hall–Kier alpha value is -0.940. The molecule has 0 aliphatic rings. The number of methoxy groups -OCH3 is 2. The van der Waals surface area contributed by atoms with Crippen molar-refractivity contribution < 1.29 is 14.2 Å². The van der Waals surface area contributed by atoms with Crippen LogP contribution in [0.25, 0.3) is 0 Å². The van der Waals surface area contributed by atoms with Gasteiger partial charge in [-0.25, -0.2) is 0 Å². The molecule has 18 heavy (non-hydrogen) atoms. The van der Waals surface area contributed by atoms with Gasteiger partial charge in [-0.1, -0.05) is 22.9 Å². The van der Waals surface area contributed by atoms with E-state index < -0.39 is 0 Å². The van der Waals surface area contributed by atoms with E-state index in [9.17, 15) is 0 Å². The van der Waals surface area contributed by atoms with Crippen molar-refractivity contribution in [2.24, 2.45) is 0 Å². The molecular weight excluding hydrogens is 298 g/mol. The zero-order valence-corrected chi connectivity index (χ0v) is 12.7. The molecule has 0 unspecified atom stereocenters. The van der Waals surface area contributed by atoms with Crippen LogP contribution in [0.3, 0.4) is 0 Å². The molecule has 0 aromatic heterocycles. The summed E-state index contributed by atoms with van der Waals surface area (Å²) in [6, 6.07) is 3.73. The van der Waals surface area contributed by atoms with Crippen LogP contribution in [0.1, 0.15) is 13.3 Å². The van der Waals surface area contributed by atoms with Gasteiger partial charge >= 0.3 is 0 Å². The first-order valence-electron chi connectivity index (χ1n) is 5.98. The van der Waals surface area contributed by atoms with Crippen molar-refractivity contribution in [2.75, 3.05) is 33.9 Å². The molecule has 1 aromatic carbocycles. The molecule has 0 spiro atoms. The fourth-order valence-electron chi connectivity index (χ4n) is 1.54. The summed E-state index contributed by atoms with van der Waals surface area (Å²) < 4.78 is 17.2. The molecule has 0 fully saturated rings. The molecule has 1 rings (SSSR count). The predicted molar refractivity (Wildman–Crippen MR) is 75.9 cm³/mol. The van der Waals surface area contributed by atoms with E-state index in [2.05, 4.69) is 28.2 Å². The second-order valence-corrected chi connectivity index (χ2v) is 4.61. The molecule has 0 amide bonds. The molecule has 5 heteroatoms. The molecule has 0 aliphatic heterocycles. The van der Waals surface area contributed by atoms with Crippen LogP contribution < -0.4 is 19.5 Å². The lowest BCUT2D eigenvalue weighted by Crippen LogP contribution is -2.16. The highest BCUT2D eigenvalue weighted by molar-refractivity contribution is 9.10. The molecule has 0 heterocycles. The van der Waals surface area contributed by atoms with Gasteiger partial charge in [0.05, 0.1) is 20.8 Å². The number of ether oxygens (including phenoxy) is 3. The van der Waals surface area contributed by atoms with Gasteiger partial charge in [-0.15, -0.1) is 0 Å². The fraction of sp³-hybridized carbons (Fsp3) is 0.538. The first-order chi connectivity index (χ1) is 8.72. The summed E-state index contributed by atoms with van der Waals surface area (Å²) in [5.74, 6) is 1.99. The standard InChI is InChI=1S/C13H20BrNO3/c1-4-15-6-5-7-18-13-11(16-2)8-10(14)9-12(13)17-3/h8-9,15H,4-7H2,1-3H3. The molecule has 0 saturated carbocycles. The molecule has 0 saturated heterocycles. The van der Waals surface area contributed by atoms with Gasteiger partial charge in [0.15, 0.2) is 11.5 Å². The van der Waals surface area contributed by atoms with Gasteiger partial charge < -0.3 is 19.5 Å². The van der Waals surface area contributed by atoms with Crippen molar-refractivity contribution >= 4 is 15.9 Å². The Bertz CT molecular complexity index is 346. The molecule has 1 aromatic rings. The normalized spacial score (nSPS) is 10.2. The van der Waals surface area contributed by atoms with Crippen LogP contribution in [0.5, 0.6) is 17.2 Å². The van der Waals surface area contributed by atoms with Gasteiger partial charge in [-0.3, -0.25) is 0 Å². The Kier molecular flexibility index (Phi) is 6.90.